The first-order valence-electron chi connectivity index (χ1n) is 6.51. The molecule has 5 heteroatoms. The van der Waals surface area contributed by atoms with Gasteiger partial charge in [0.25, 0.3) is 0 Å². The molecule has 1 heterocycles. The van der Waals surface area contributed by atoms with E-state index in [0.717, 1.165) is 11.3 Å². The van der Waals surface area contributed by atoms with E-state index in [1.54, 1.807) is 24.4 Å². The molecule has 0 unspecified atom stereocenters. The molecule has 0 saturated heterocycles. The van der Waals surface area contributed by atoms with E-state index in [-0.39, 0.29) is 0 Å². The summed E-state index contributed by atoms with van der Waals surface area (Å²) < 4.78 is 0. The Balaban J connectivity index is 2.14. The van der Waals surface area contributed by atoms with Crippen molar-refractivity contribution in [2.45, 2.75) is 6.42 Å². The Kier molecular flexibility index (Phi) is 4.52. The fourth-order valence-corrected chi connectivity index (χ4v) is 2.15. The first-order valence-corrected chi connectivity index (χ1v) is 6.51. The zero-order chi connectivity index (χ0) is 15.2. The number of rotatable bonds is 5. The molecule has 106 valence electrons. The van der Waals surface area contributed by atoms with Crippen molar-refractivity contribution in [1.29, 1.82) is 5.26 Å². The first kappa shape index (κ1) is 14.5. The molecule has 0 amide bonds. The van der Waals surface area contributed by atoms with Gasteiger partial charge in [0.05, 0.1) is 11.3 Å². The number of anilines is 1. The van der Waals surface area contributed by atoms with Crippen LogP contribution in [-0.2, 0) is 6.42 Å². The van der Waals surface area contributed by atoms with Gasteiger partial charge >= 0.3 is 5.97 Å². The molecular weight excluding hydrogens is 266 g/mol. The lowest BCUT2D eigenvalue weighted by atomic mass is 10.0. The number of aromatic carboxylic acids is 1. The number of carboxylic acids is 1. The topological polar surface area (TPSA) is 77.2 Å². The van der Waals surface area contributed by atoms with Gasteiger partial charge in [-0.15, -0.1) is 0 Å². The van der Waals surface area contributed by atoms with Gasteiger partial charge in [0, 0.05) is 19.8 Å². The number of aromatic nitrogens is 1. The summed E-state index contributed by atoms with van der Waals surface area (Å²) in [4.78, 5) is 17.1. The number of nitriles is 1. The van der Waals surface area contributed by atoms with Crippen LogP contribution in [0, 0.1) is 11.3 Å². The minimum Gasteiger partial charge on any atom is -0.478 e. The van der Waals surface area contributed by atoms with Crippen LogP contribution in [0.2, 0.25) is 0 Å². The SMILES string of the molecule is CN(CCc1ccccc1C(=O)O)c1cccnc1C#N. The fourth-order valence-electron chi connectivity index (χ4n) is 2.15. The van der Waals surface area contributed by atoms with Crippen LogP contribution < -0.4 is 4.90 Å². The number of pyridine rings is 1. The number of nitrogens with zero attached hydrogens (tertiary/aromatic N) is 3. The molecule has 0 aliphatic carbocycles. The maximum Gasteiger partial charge on any atom is 0.335 e. The zero-order valence-electron chi connectivity index (χ0n) is 11.7. The van der Waals surface area contributed by atoms with Gasteiger partial charge < -0.3 is 10.0 Å². The zero-order valence-corrected chi connectivity index (χ0v) is 11.7. The average molecular weight is 281 g/mol. The fraction of sp³-hybridized carbons (Fsp3) is 0.188. The van der Waals surface area contributed by atoms with Crippen molar-refractivity contribution in [3.05, 3.63) is 59.4 Å². The van der Waals surface area contributed by atoms with Crippen molar-refractivity contribution in [2.24, 2.45) is 0 Å². The second-order valence-electron chi connectivity index (χ2n) is 4.62. The summed E-state index contributed by atoms with van der Waals surface area (Å²) in [5.74, 6) is -0.924. The van der Waals surface area contributed by atoms with Crippen molar-refractivity contribution >= 4 is 11.7 Å². The summed E-state index contributed by atoms with van der Waals surface area (Å²) >= 11 is 0. The Morgan fingerprint density at radius 3 is 2.81 bits per heavy atom. The van der Waals surface area contributed by atoms with Gasteiger partial charge in [0.1, 0.15) is 6.07 Å². The number of hydrogen-bond donors (Lipinski definition) is 1. The van der Waals surface area contributed by atoms with Gasteiger partial charge in [-0.25, -0.2) is 9.78 Å². The summed E-state index contributed by atoms with van der Waals surface area (Å²) in [6.07, 6.45) is 2.16. The normalized spacial score (nSPS) is 9.90. The summed E-state index contributed by atoms with van der Waals surface area (Å²) in [5, 5.41) is 18.2. The van der Waals surface area contributed by atoms with Crippen molar-refractivity contribution in [1.82, 2.24) is 4.98 Å². The molecule has 0 fully saturated rings. The predicted molar refractivity (Wildman–Crippen MR) is 79.3 cm³/mol. The third-order valence-corrected chi connectivity index (χ3v) is 3.27. The number of carbonyl (C=O) groups is 1. The van der Waals surface area contributed by atoms with Gasteiger partial charge in [0.15, 0.2) is 5.69 Å². The molecule has 0 aliphatic rings. The van der Waals surface area contributed by atoms with Gasteiger partial charge in [-0.2, -0.15) is 5.26 Å². The maximum absolute atomic E-state index is 11.2. The molecule has 0 saturated carbocycles. The molecule has 0 atom stereocenters. The molecule has 1 aromatic heterocycles. The molecule has 5 nitrogen and oxygen atoms in total. The summed E-state index contributed by atoms with van der Waals surface area (Å²) in [6, 6.07) is 12.6. The molecule has 1 N–H and O–H groups in total. The van der Waals surface area contributed by atoms with Crippen LogP contribution in [0.4, 0.5) is 5.69 Å². The molecule has 2 aromatic rings. The van der Waals surface area contributed by atoms with Crippen LogP contribution in [-0.4, -0.2) is 29.7 Å². The lowest BCUT2D eigenvalue weighted by Gasteiger charge is -2.20. The largest absolute Gasteiger partial charge is 0.478 e. The maximum atomic E-state index is 11.2. The second-order valence-corrected chi connectivity index (χ2v) is 4.62. The third-order valence-electron chi connectivity index (χ3n) is 3.27. The molecule has 2 rings (SSSR count). The van der Waals surface area contributed by atoms with Crippen LogP contribution in [0.15, 0.2) is 42.6 Å². The van der Waals surface area contributed by atoms with E-state index < -0.39 is 5.97 Å². The minimum absolute atomic E-state index is 0.317. The molecule has 0 spiro atoms. The van der Waals surface area contributed by atoms with E-state index in [2.05, 4.69) is 11.1 Å². The quantitative estimate of drug-likeness (QED) is 0.910. The van der Waals surface area contributed by atoms with Crippen molar-refractivity contribution in [3.63, 3.8) is 0 Å². The Bertz CT molecular complexity index is 692. The molecule has 0 radical (unpaired) electrons. The highest BCUT2D eigenvalue weighted by Crippen LogP contribution is 2.17. The van der Waals surface area contributed by atoms with Crippen molar-refractivity contribution < 1.29 is 9.90 Å². The number of benzene rings is 1. The second kappa shape index (κ2) is 6.53. The van der Waals surface area contributed by atoms with Gasteiger partial charge in [-0.05, 0) is 30.2 Å². The Labute approximate surface area is 123 Å². The van der Waals surface area contributed by atoms with Gasteiger partial charge in [-0.1, -0.05) is 18.2 Å². The Morgan fingerprint density at radius 2 is 2.10 bits per heavy atom. The van der Waals surface area contributed by atoms with Crippen LogP contribution in [0.1, 0.15) is 21.6 Å². The molecule has 0 bridgehead atoms. The molecule has 21 heavy (non-hydrogen) atoms. The standard InChI is InChI=1S/C16H15N3O2/c1-19(15-7-4-9-18-14(15)11-17)10-8-12-5-2-3-6-13(12)16(20)21/h2-7,9H,8,10H2,1H3,(H,20,21). The molecular formula is C16H15N3O2. The summed E-state index contributed by atoms with van der Waals surface area (Å²) in [5.41, 5.74) is 2.20. The van der Waals surface area contributed by atoms with E-state index in [9.17, 15) is 4.79 Å². The highest BCUT2D eigenvalue weighted by atomic mass is 16.4. The van der Waals surface area contributed by atoms with E-state index in [1.165, 1.54) is 0 Å². The van der Waals surface area contributed by atoms with Crippen LogP contribution in [0.5, 0.6) is 0 Å². The minimum atomic E-state index is -0.924. The van der Waals surface area contributed by atoms with E-state index in [1.807, 2.05) is 30.1 Å². The third kappa shape index (κ3) is 3.37. The lowest BCUT2D eigenvalue weighted by Crippen LogP contribution is -2.22. The van der Waals surface area contributed by atoms with Crippen LogP contribution in [0.25, 0.3) is 0 Å². The van der Waals surface area contributed by atoms with E-state index in [4.69, 9.17) is 10.4 Å². The molecule has 0 aliphatic heterocycles. The first-order chi connectivity index (χ1) is 10.1. The summed E-state index contributed by atoms with van der Waals surface area (Å²) in [6.45, 7) is 0.602. The average Bonchev–Trinajstić information content (AvgIpc) is 2.52. The Hall–Kier alpha value is -2.87. The predicted octanol–water partition coefficient (Wildman–Crippen LogP) is 2.33. The van der Waals surface area contributed by atoms with Gasteiger partial charge in [-0.3, -0.25) is 0 Å². The monoisotopic (exact) mass is 281 g/mol. The lowest BCUT2D eigenvalue weighted by molar-refractivity contribution is 0.0695. The highest BCUT2D eigenvalue weighted by molar-refractivity contribution is 5.89. The highest BCUT2D eigenvalue weighted by Gasteiger charge is 2.11. The summed E-state index contributed by atoms with van der Waals surface area (Å²) in [7, 11) is 1.86. The number of carboxylic acid groups (broad SMARTS) is 1. The Morgan fingerprint density at radius 1 is 1.33 bits per heavy atom. The van der Waals surface area contributed by atoms with E-state index in [0.29, 0.717) is 24.2 Å². The van der Waals surface area contributed by atoms with Gasteiger partial charge in [0.2, 0.25) is 0 Å². The van der Waals surface area contributed by atoms with Crippen molar-refractivity contribution in [2.75, 3.05) is 18.5 Å². The number of likely N-dealkylation sites (N-methyl/N-ethyl adjacent to an activating group) is 1. The molecule has 1 aromatic carbocycles. The smallest absolute Gasteiger partial charge is 0.335 e. The number of hydrogen-bond acceptors (Lipinski definition) is 4. The van der Waals surface area contributed by atoms with E-state index >= 15 is 0 Å². The van der Waals surface area contributed by atoms with Crippen LogP contribution in [0.3, 0.4) is 0 Å². The van der Waals surface area contributed by atoms with Crippen LogP contribution >= 0.6 is 0 Å². The van der Waals surface area contributed by atoms with Crippen molar-refractivity contribution in [3.8, 4) is 6.07 Å².